The summed E-state index contributed by atoms with van der Waals surface area (Å²) in [5, 5.41) is 5.89. The van der Waals surface area contributed by atoms with Gasteiger partial charge < -0.3 is 0 Å². The van der Waals surface area contributed by atoms with Gasteiger partial charge in [-0.2, -0.15) is 0 Å². The molecule has 0 N–H and O–H groups in total. The van der Waals surface area contributed by atoms with Crippen LogP contribution in [0, 0.1) is 13.8 Å². The van der Waals surface area contributed by atoms with Crippen LogP contribution in [0.15, 0.2) is 36.4 Å². The van der Waals surface area contributed by atoms with Crippen LogP contribution in [0.4, 0.5) is 0 Å². The highest BCUT2D eigenvalue weighted by molar-refractivity contribution is 6.11. The van der Waals surface area contributed by atoms with Crippen LogP contribution < -0.4 is 0 Å². The molecular weight excluding hydrogens is 252 g/mol. The Labute approximate surface area is 126 Å². The van der Waals surface area contributed by atoms with Crippen LogP contribution in [-0.2, 0) is 12.8 Å². The molecule has 0 aromatic heterocycles. The quantitative estimate of drug-likeness (QED) is 0.449. The maximum Gasteiger partial charge on any atom is -0.00703 e. The van der Waals surface area contributed by atoms with E-state index in [-0.39, 0.29) is 0 Å². The molecule has 0 unspecified atom stereocenters. The smallest absolute Gasteiger partial charge is 0.00703 e. The molecule has 0 saturated carbocycles. The van der Waals surface area contributed by atoms with Gasteiger partial charge in [-0.15, -0.1) is 0 Å². The lowest BCUT2D eigenvalue weighted by Crippen LogP contribution is -1.92. The number of benzene rings is 3. The van der Waals surface area contributed by atoms with Gasteiger partial charge >= 0.3 is 0 Å². The van der Waals surface area contributed by atoms with E-state index in [0.717, 1.165) is 0 Å². The van der Waals surface area contributed by atoms with E-state index in [1.165, 1.54) is 64.8 Å². The Hall–Kier alpha value is -1.82. The molecular formula is C21H22. The molecule has 0 saturated heterocycles. The highest BCUT2D eigenvalue weighted by atomic mass is 14.2. The third-order valence-electron chi connectivity index (χ3n) is 4.87. The molecule has 0 nitrogen and oxygen atoms in total. The molecule has 0 aliphatic heterocycles. The zero-order chi connectivity index (χ0) is 14.4. The van der Waals surface area contributed by atoms with Crippen LogP contribution in [0.5, 0.6) is 0 Å². The van der Waals surface area contributed by atoms with Gasteiger partial charge in [0.15, 0.2) is 0 Å². The maximum absolute atomic E-state index is 2.41. The zero-order valence-electron chi connectivity index (χ0n) is 13.0. The van der Waals surface area contributed by atoms with Crippen molar-refractivity contribution in [3.63, 3.8) is 0 Å². The van der Waals surface area contributed by atoms with Crippen molar-refractivity contribution in [3.8, 4) is 0 Å². The molecule has 4 rings (SSSR count). The molecule has 0 fully saturated rings. The van der Waals surface area contributed by atoms with Crippen molar-refractivity contribution < 1.29 is 0 Å². The Bertz CT molecular complexity index is 769. The molecule has 3 aromatic rings. The minimum absolute atomic E-state index is 1.23. The van der Waals surface area contributed by atoms with Gasteiger partial charge in [-0.25, -0.2) is 0 Å². The summed E-state index contributed by atoms with van der Waals surface area (Å²) in [5.41, 5.74) is 5.90. The average molecular weight is 274 g/mol. The fraction of sp³-hybridized carbons (Fsp3) is 0.333. The van der Waals surface area contributed by atoms with Crippen molar-refractivity contribution in [3.05, 3.63) is 58.7 Å². The fourth-order valence-corrected chi connectivity index (χ4v) is 4.04. The fourth-order valence-electron chi connectivity index (χ4n) is 4.04. The van der Waals surface area contributed by atoms with Crippen molar-refractivity contribution >= 4 is 21.5 Å². The van der Waals surface area contributed by atoms with Gasteiger partial charge in [-0.05, 0) is 72.2 Å². The summed E-state index contributed by atoms with van der Waals surface area (Å²) >= 11 is 0. The first kappa shape index (κ1) is 12.9. The van der Waals surface area contributed by atoms with E-state index < -0.39 is 0 Å². The first-order valence-electron chi connectivity index (χ1n) is 8.18. The molecule has 0 heterocycles. The van der Waals surface area contributed by atoms with Crippen LogP contribution in [0.2, 0.25) is 0 Å². The van der Waals surface area contributed by atoms with Gasteiger partial charge in [0.25, 0.3) is 0 Å². The molecule has 0 radical (unpaired) electrons. The highest BCUT2D eigenvalue weighted by Crippen LogP contribution is 2.35. The molecule has 0 bridgehead atoms. The maximum atomic E-state index is 2.41. The minimum Gasteiger partial charge on any atom is -0.0554 e. The van der Waals surface area contributed by atoms with Crippen LogP contribution in [-0.4, -0.2) is 0 Å². The molecule has 0 atom stereocenters. The second kappa shape index (κ2) is 4.87. The predicted octanol–water partition coefficient (Wildman–Crippen LogP) is 5.88. The summed E-state index contributed by atoms with van der Waals surface area (Å²) in [6, 6.07) is 14.2. The largest absolute Gasteiger partial charge is 0.0554 e. The molecule has 0 amide bonds. The van der Waals surface area contributed by atoms with Gasteiger partial charge in [-0.3, -0.25) is 0 Å². The van der Waals surface area contributed by atoms with Crippen molar-refractivity contribution in [1.82, 2.24) is 0 Å². The van der Waals surface area contributed by atoms with E-state index in [1.807, 2.05) is 0 Å². The van der Waals surface area contributed by atoms with Crippen LogP contribution >= 0.6 is 0 Å². The van der Waals surface area contributed by atoms with Crippen LogP contribution in [0.3, 0.4) is 0 Å². The lowest BCUT2D eigenvalue weighted by molar-refractivity contribution is 0.683. The van der Waals surface area contributed by atoms with Crippen molar-refractivity contribution in [1.29, 1.82) is 0 Å². The van der Waals surface area contributed by atoms with Crippen molar-refractivity contribution in [2.45, 2.75) is 46.0 Å². The molecule has 1 aliphatic carbocycles. The third-order valence-corrected chi connectivity index (χ3v) is 4.87. The summed E-state index contributed by atoms with van der Waals surface area (Å²) in [7, 11) is 0. The van der Waals surface area contributed by atoms with Crippen LogP contribution in [0.25, 0.3) is 21.5 Å². The minimum atomic E-state index is 1.23. The third kappa shape index (κ3) is 2.14. The van der Waals surface area contributed by atoms with E-state index in [2.05, 4.69) is 50.2 Å². The zero-order valence-corrected chi connectivity index (χ0v) is 13.0. The second-order valence-corrected chi connectivity index (χ2v) is 6.67. The van der Waals surface area contributed by atoms with E-state index in [4.69, 9.17) is 0 Å². The standard InChI is InChI=1S/C21H22/c1-14-10-16-6-4-3-5-7-17-11-15(2)13-19-9-8-18(12-14)20(16)21(17)19/h8-13H,3-7H2,1-2H3. The first-order chi connectivity index (χ1) is 10.2. The number of rotatable bonds is 0. The molecule has 0 spiro atoms. The lowest BCUT2D eigenvalue weighted by atomic mass is 9.90. The topological polar surface area (TPSA) is 0 Å². The Morgan fingerprint density at radius 2 is 1.10 bits per heavy atom. The van der Waals surface area contributed by atoms with Crippen LogP contribution in [0.1, 0.15) is 41.5 Å². The number of hydrogen-bond acceptors (Lipinski definition) is 0. The second-order valence-electron chi connectivity index (χ2n) is 6.67. The van der Waals surface area contributed by atoms with E-state index in [1.54, 1.807) is 11.1 Å². The Morgan fingerprint density at radius 1 is 0.619 bits per heavy atom. The van der Waals surface area contributed by atoms with E-state index in [9.17, 15) is 0 Å². The first-order valence-corrected chi connectivity index (χ1v) is 8.18. The van der Waals surface area contributed by atoms with Gasteiger partial charge in [0, 0.05) is 0 Å². The number of hydrogen-bond donors (Lipinski definition) is 0. The monoisotopic (exact) mass is 274 g/mol. The molecule has 21 heavy (non-hydrogen) atoms. The van der Waals surface area contributed by atoms with E-state index in [0.29, 0.717) is 0 Å². The number of aryl methyl sites for hydroxylation is 4. The molecule has 106 valence electrons. The average Bonchev–Trinajstić information content (AvgIpc) is 2.53. The van der Waals surface area contributed by atoms with Gasteiger partial charge in [0.05, 0.1) is 0 Å². The normalized spacial score (nSPS) is 15.1. The van der Waals surface area contributed by atoms with Gasteiger partial charge in [0.1, 0.15) is 0 Å². The van der Waals surface area contributed by atoms with Gasteiger partial charge in [-0.1, -0.05) is 53.9 Å². The predicted molar refractivity (Wildman–Crippen MR) is 92.2 cm³/mol. The molecule has 0 heteroatoms. The SMILES string of the molecule is Cc1cc2c3c(ccc4cc(C)cc(c43)CCCCC2)c1. The van der Waals surface area contributed by atoms with Gasteiger partial charge in [0.2, 0.25) is 0 Å². The summed E-state index contributed by atoms with van der Waals surface area (Å²) in [5.74, 6) is 0. The lowest BCUT2D eigenvalue weighted by Gasteiger charge is -2.14. The molecule has 3 aromatic carbocycles. The summed E-state index contributed by atoms with van der Waals surface area (Å²) in [6.07, 6.45) is 6.44. The van der Waals surface area contributed by atoms with Crippen molar-refractivity contribution in [2.24, 2.45) is 0 Å². The Morgan fingerprint density at radius 3 is 1.57 bits per heavy atom. The van der Waals surface area contributed by atoms with Crippen molar-refractivity contribution in [2.75, 3.05) is 0 Å². The Balaban J connectivity index is 2.21. The Kier molecular flexibility index (Phi) is 2.99. The highest BCUT2D eigenvalue weighted by Gasteiger charge is 2.13. The summed E-state index contributed by atoms with van der Waals surface area (Å²) in [4.78, 5) is 0. The summed E-state index contributed by atoms with van der Waals surface area (Å²) in [6.45, 7) is 4.45. The van der Waals surface area contributed by atoms with E-state index >= 15 is 0 Å². The molecule has 1 aliphatic rings. The summed E-state index contributed by atoms with van der Waals surface area (Å²) < 4.78 is 0.